The Morgan fingerprint density at radius 3 is 2.43 bits per heavy atom. The van der Waals surface area contributed by atoms with Crippen molar-refractivity contribution in [3.8, 4) is 0 Å². The molecule has 2 heterocycles. The van der Waals surface area contributed by atoms with E-state index in [9.17, 15) is 8.78 Å². The van der Waals surface area contributed by atoms with Crippen molar-refractivity contribution >= 4 is 0 Å². The molecular weight excluding hydrogens is 186 g/mol. The standard InChI is InChI=1S/C10H18F2N2/c1-8-6-10(11,12)7-14(8)9-2-4-13-5-3-9/h8-9,13H,2-7H2,1H3/t8-/m0/s1. The van der Waals surface area contributed by atoms with Crippen molar-refractivity contribution in [1.29, 1.82) is 0 Å². The molecular formula is C10H18F2N2. The Bertz CT molecular complexity index is 202. The van der Waals surface area contributed by atoms with Gasteiger partial charge in [-0.2, -0.15) is 0 Å². The summed E-state index contributed by atoms with van der Waals surface area (Å²) in [4.78, 5) is 2.00. The summed E-state index contributed by atoms with van der Waals surface area (Å²) >= 11 is 0. The number of likely N-dealkylation sites (tertiary alicyclic amines) is 1. The number of alkyl halides is 2. The van der Waals surface area contributed by atoms with Gasteiger partial charge in [0.25, 0.3) is 5.92 Å². The molecule has 0 aromatic carbocycles. The molecule has 0 spiro atoms. The van der Waals surface area contributed by atoms with Crippen LogP contribution in [0.15, 0.2) is 0 Å². The minimum atomic E-state index is -2.45. The molecule has 0 amide bonds. The van der Waals surface area contributed by atoms with Gasteiger partial charge in [0.1, 0.15) is 0 Å². The monoisotopic (exact) mass is 204 g/mol. The van der Waals surface area contributed by atoms with Gasteiger partial charge < -0.3 is 5.32 Å². The van der Waals surface area contributed by atoms with Gasteiger partial charge in [0.15, 0.2) is 0 Å². The van der Waals surface area contributed by atoms with Crippen molar-refractivity contribution in [2.24, 2.45) is 0 Å². The van der Waals surface area contributed by atoms with Gasteiger partial charge in [0.2, 0.25) is 0 Å². The second-order valence-corrected chi connectivity index (χ2v) is 4.56. The van der Waals surface area contributed by atoms with E-state index in [2.05, 4.69) is 5.32 Å². The molecule has 2 saturated heterocycles. The Balaban J connectivity index is 1.97. The predicted octanol–water partition coefficient (Wildman–Crippen LogP) is 1.47. The maximum absolute atomic E-state index is 13.1. The van der Waals surface area contributed by atoms with Gasteiger partial charge >= 0.3 is 0 Å². The van der Waals surface area contributed by atoms with Crippen molar-refractivity contribution in [2.75, 3.05) is 19.6 Å². The number of halogens is 2. The Morgan fingerprint density at radius 2 is 1.93 bits per heavy atom. The van der Waals surface area contributed by atoms with Crippen LogP contribution in [0.2, 0.25) is 0 Å². The molecule has 4 heteroatoms. The fourth-order valence-electron chi connectivity index (χ4n) is 2.66. The average molecular weight is 204 g/mol. The topological polar surface area (TPSA) is 15.3 Å². The van der Waals surface area contributed by atoms with Gasteiger partial charge in [-0.25, -0.2) is 8.78 Å². The van der Waals surface area contributed by atoms with Gasteiger partial charge in [0, 0.05) is 18.5 Å². The van der Waals surface area contributed by atoms with Crippen LogP contribution in [0.25, 0.3) is 0 Å². The molecule has 0 aliphatic carbocycles. The molecule has 0 bridgehead atoms. The van der Waals surface area contributed by atoms with Crippen LogP contribution < -0.4 is 5.32 Å². The summed E-state index contributed by atoms with van der Waals surface area (Å²) in [5.74, 6) is -2.45. The molecule has 2 fully saturated rings. The van der Waals surface area contributed by atoms with E-state index < -0.39 is 5.92 Å². The number of hydrogen-bond acceptors (Lipinski definition) is 2. The number of hydrogen-bond donors (Lipinski definition) is 1. The molecule has 0 aromatic heterocycles. The van der Waals surface area contributed by atoms with E-state index in [0.29, 0.717) is 6.04 Å². The van der Waals surface area contributed by atoms with Crippen LogP contribution in [-0.4, -0.2) is 42.5 Å². The zero-order chi connectivity index (χ0) is 10.2. The minimum absolute atomic E-state index is 0.0289. The molecule has 1 atom stereocenters. The lowest BCUT2D eigenvalue weighted by molar-refractivity contribution is 0.00590. The smallest absolute Gasteiger partial charge is 0.262 e. The maximum Gasteiger partial charge on any atom is 0.262 e. The lowest BCUT2D eigenvalue weighted by Crippen LogP contribution is -2.45. The second kappa shape index (κ2) is 3.74. The first-order chi connectivity index (χ1) is 6.58. The van der Waals surface area contributed by atoms with Crippen LogP contribution in [0.1, 0.15) is 26.2 Å². The van der Waals surface area contributed by atoms with Crippen molar-refractivity contribution < 1.29 is 8.78 Å². The summed E-state index contributed by atoms with van der Waals surface area (Å²) < 4.78 is 26.3. The summed E-state index contributed by atoms with van der Waals surface area (Å²) in [5, 5.41) is 3.26. The van der Waals surface area contributed by atoms with Gasteiger partial charge in [-0.3, -0.25) is 4.90 Å². The SMILES string of the molecule is C[C@H]1CC(F)(F)CN1C1CCNCC1. The van der Waals surface area contributed by atoms with Gasteiger partial charge in [-0.15, -0.1) is 0 Å². The summed E-state index contributed by atoms with van der Waals surface area (Å²) in [5.41, 5.74) is 0. The van der Waals surface area contributed by atoms with Crippen molar-refractivity contribution in [3.05, 3.63) is 0 Å². The first-order valence-electron chi connectivity index (χ1n) is 5.43. The molecule has 0 radical (unpaired) electrons. The van der Waals surface area contributed by atoms with Crippen molar-refractivity contribution in [2.45, 2.75) is 44.2 Å². The normalized spacial score (nSPS) is 34.9. The van der Waals surface area contributed by atoms with Crippen LogP contribution in [0.3, 0.4) is 0 Å². The predicted molar refractivity (Wildman–Crippen MR) is 51.6 cm³/mol. The largest absolute Gasteiger partial charge is 0.317 e. The summed E-state index contributed by atoms with van der Waals surface area (Å²) in [6, 6.07) is 0.424. The molecule has 2 nitrogen and oxygen atoms in total. The lowest BCUT2D eigenvalue weighted by atomic mass is 10.0. The molecule has 0 unspecified atom stereocenters. The number of nitrogens with zero attached hydrogens (tertiary/aromatic N) is 1. The van der Waals surface area contributed by atoms with E-state index in [1.807, 2.05) is 11.8 Å². The van der Waals surface area contributed by atoms with Crippen LogP contribution in [0.5, 0.6) is 0 Å². The second-order valence-electron chi connectivity index (χ2n) is 4.56. The third-order valence-electron chi connectivity index (χ3n) is 3.35. The Morgan fingerprint density at radius 1 is 1.29 bits per heavy atom. The highest BCUT2D eigenvalue weighted by molar-refractivity contribution is 4.92. The van der Waals surface area contributed by atoms with E-state index in [1.54, 1.807) is 0 Å². The zero-order valence-electron chi connectivity index (χ0n) is 8.60. The third-order valence-corrected chi connectivity index (χ3v) is 3.35. The van der Waals surface area contributed by atoms with Gasteiger partial charge in [-0.1, -0.05) is 0 Å². The molecule has 2 rings (SSSR count). The van der Waals surface area contributed by atoms with E-state index in [-0.39, 0.29) is 19.0 Å². The number of piperidine rings is 1. The molecule has 82 valence electrons. The van der Waals surface area contributed by atoms with Crippen molar-refractivity contribution in [1.82, 2.24) is 10.2 Å². The Hall–Kier alpha value is -0.220. The quantitative estimate of drug-likeness (QED) is 0.695. The summed E-state index contributed by atoms with van der Waals surface area (Å²) in [6.07, 6.45) is 2.07. The first-order valence-corrected chi connectivity index (χ1v) is 5.43. The van der Waals surface area contributed by atoms with Crippen LogP contribution in [0, 0.1) is 0 Å². The van der Waals surface area contributed by atoms with E-state index in [1.165, 1.54) is 0 Å². The minimum Gasteiger partial charge on any atom is -0.317 e. The molecule has 2 aliphatic rings. The number of nitrogens with one attached hydrogen (secondary N) is 1. The van der Waals surface area contributed by atoms with Crippen LogP contribution in [0.4, 0.5) is 8.78 Å². The summed E-state index contributed by atoms with van der Waals surface area (Å²) in [7, 11) is 0. The average Bonchev–Trinajstić information content (AvgIpc) is 2.41. The molecule has 2 aliphatic heterocycles. The Kier molecular flexibility index (Phi) is 2.75. The third kappa shape index (κ3) is 2.06. The first kappa shape index (κ1) is 10.3. The molecule has 1 N–H and O–H groups in total. The van der Waals surface area contributed by atoms with Gasteiger partial charge in [-0.05, 0) is 32.9 Å². The molecule has 0 saturated carbocycles. The van der Waals surface area contributed by atoms with E-state index in [0.717, 1.165) is 25.9 Å². The van der Waals surface area contributed by atoms with Crippen LogP contribution in [-0.2, 0) is 0 Å². The molecule has 14 heavy (non-hydrogen) atoms. The maximum atomic E-state index is 13.1. The molecule has 0 aromatic rings. The fraction of sp³-hybridized carbons (Fsp3) is 1.00. The highest BCUT2D eigenvalue weighted by atomic mass is 19.3. The highest BCUT2D eigenvalue weighted by Crippen LogP contribution is 2.34. The number of rotatable bonds is 1. The van der Waals surface area contributed by atoms with Crippen LogP contribution >= 0.6 is 0 Å². The highest BCUT2D eigenvalue weighted by Gasteiger charge is 2.45. The Labute approximate surface area is 83.7 Å². The zero-order valence-corrected chi connectivity index (χ0v) is 8.60. The lowest BCUT2D eigenvalue weighted by Gasteiger charge is -2.34. The van der Waals surface area contributed by atoms with E-state index >= 15 is 0 Å². The van der Waals surface area contributed by atoms with Crippen molar-refractivity contribution in [3.63, 3.8) is 0 Å². The fourth-order valence-corrected chi connectivity index (χ4v) is 2.66. The van der Waals surface area contributed by atoms with Gasteiger partial charge in [0.05, 0.1) is 6.54 Å². The van der Waals surface area contributed by atoms with E-state index in [4.69, 9.17) is 0 Å². The summed E-state index contributed by atoms with van der Waals surface area (Å²) in [6.45, 7) is 3.83.